The van der Waals surface area contributed by atoms with Crippen molar-refractivity contribution in [1.82, 2.24) is 9.80 Å². The number of carbonyl (C=O) groups excluding carboxylic acids is 2. The number of carbonyl (C=O) groups is 2. The average Bonchev–Trinajstić information content (AvgIpc) is 3.42. The summed E-state index contributed by atoms with van der Waals surface area (Å²) in [6.07, 6.45) is 9.92. The number of benzene rings is 1. The molecular weight excluding hydrogens is 378 g/mol. The number of likely N-dealkylation sites (tertiary alicyclic amines) is 2. The van der Waals surface area contributed by atoms with Gasteiger partial charge in [-0.25, -0.2) is 4.79 Å². The predicted octanol–water partition coefficient (Wildman–Crippen LogP) is 4.51. The molecule has 1 spiro atoms. The molecule has 2 saturated heterocycles. The summed E-state index contributed by atoms with van der Waals surface area (Å²) in [5, 5.41) is 3.04. The molecule has 30 heavy (non-hydrogen) atoms. The SMILES string of the molecule is COc1cccc(NC(=O)N2CC(CCC(=O)N3CCCC3)C3(CCCCC3)C2)c1. The van der Waals surface area contributed by atoms with Crippen molar-refractivity contribution in [2.45, 2.75) is 57.8 Å². The first-order valence-electron chi connectivity index (χ1n) is 11.6. The standard InChI is InChI=1S/C24H35N3O3/c1-30-21-9-7-8-20(16-21)25-23(29)27-17-19(24(18-27)12-3-2-4-13-24)10-11-22(28)26-14-5-6-15-26/h7-9,16,19H,2-6,10-15,17-18H2,1H3,(H,25,29). The van der Waals surface area contributed by atoms with Gasteiger partial charge in [-0.2, -0.15) is 0 Å². The summed E-state index contributed by atoms with van der Waals surface area (Å²) in [5.41, 5.74) is 0.944. The van der Waals surface area contributed by atoms with Crippen molar-refractivity contribution in [3.05, 3.63) is 24.3 Å². The second-order valence-electron chi connectivity index (χ2n) is 9.29. The molecule has 164 valence electrons. The molecule has 1 atom stereocenters. The molecule has 6 heteroatoms. The van der Waals surface area contributed by atoms with Crippen molar-refractivity contribution in [1.29, 1.82) is 0 Å². The number of rotatable bonds is 5. The number of anilines is 1. The summed E-state index contributed by atoms with van der Waals surface area (Å²) in [7, 11) is 1.63. The number of hydrogen-bond acceptors (Lipinski definition) is 3. The van der Waals surface area contributed by atoms with E-state index in [9.17, 15) is 9.59 Å². The third-order valence-electron chi connectivity index (χ3n) is 7.44. The van der Waals surface area contributed by atoms with Gasteiger partial charge in [-0.15, -0.1) is 0 Å². The quantitative estimate of drug-likeness (QED) is 0.772. The van der Waals surface area contributed by atoms with E-state index in [0.29, 0.717) is 18.2 Å². The van der Waals surface area contributed by atoms with Crippen molar-refractivity contribution < 1.29 is 14.3 Å². The fourth-order valence-corrected chi connectivity index (χ4v) is 5.73. The zero-order chi connectivity index (χ0) is 21.0. The van der Waals surface area contributed by atoms with Gasteiger partial charge < -0.3 is 19.9 Å². The van der Waals surface area contributed by atoms with Crippen LogP contribution in [0.15, 0.2) is 24.3 Å². The average molecular weight is 414 g/mol. The van der Waals surface area contributed by atoms with E-state index >= 15 is 0 Å². The van der Waals surface area contributed by atoms with Crippen LogP contribution in [-0.2, 0) is 4.79 Å². The lowest BCUT2D eigenvalue weighted by Gasteiger charge is -2.38. The van der Waals surface area contributed by atoms with Gasteiger partial charge in [0.25, 0.3) is 0 Å². The van der Waals surface area contributed by atoms with Gasteiger partial charge in [0.1, 0.15) is 5.75 Å². The van der Waals surface area contributed by atoms with E-state index in [1.54, 1.807) is 7.11 Å². The molecule has 1 unspecified atom stereocenters. The molecule has 0 aromatic heterocycles. The van der Waals surface area contributed by atoms with Crippen LogP contribution in [0.3, 0.4) is 0 Å². The number of ether oxygens (including phenoxy) is 1. The van der Waals surface area contributed by atoms with E-state index in [1.807, 2.05) is 34.1 Å². The molecular formula is C24H35N3O3. The van der Waals surface area contributed by atoms with E-state index < -0.39 is 0 Å². The topological polar surface area (TPSA) is 61.9 Å². The minimum Gasteiger partial charge on any atom is -0.497 e. The van der Waals surface area contributed by atoms with Crippen molar-refractivity contribution in [2.75, 3.05) is 38.6 Å². The van der Waals surface area contributed by atoms with Gasteiger partial charge in [-0.1, -0.05) is 25.3 Å². The van der Waals surface area contributed by atoms with Gasteiger partial charge in [-0.05, 0) is 55.6 Å². The molecule has 2 heterocycles. The molecule has 1 aromatic carbocycles. The Labute approximate surface area is 179 Å². The Morgan fingerprint density at radius 1 is 1.10 bits per heavy atom. The second-order valence-corrected chi connectivity index (χ2v) is 9.29. The molecule has 1 N–H and O–H groups in total. The summed E-state index contributed by atoms with van der Waals surface area (Å²) in [6.45, 7) is 3.40. The lowest BCUT2D eigenvalue weighted by molar-refractivity contribution is -0.130. The lowest BCUT2D eigenvalue weighted by atomic mass is 9.66. The molecule has 0 bridgehead atoms. The summed E-state index contributed by atoms with van der Waals surface area (Å²) in [5.74, 6) is 1.45. The van der Waals surface area contributed by atoms with E-state index in [4.69, 9.17) is 4.74 Å². The second kappa shape index (κ2) is 9.27. The lowest BCUT2D eigenvalue weighted by Crippen LogP contribution is -2.36. The summed E-state index contributed by atoms with van der Waals surface area (Å²) in [4.78, 5) is 29.6. The van der Waals surface area contributed by atoms with Crippen LogP contribution in [0.1, 0.15) is 57.8 Å². The molecule has 6 nitrogen and oxygen atoms in total. The van der Waals surface area contributed by atoms with Gasteiger partial charge in [0.2, 0.25) is 5.91 Å². The van der Waals surface area contributed by atoms with Gasteiger partial charge in [-0.3, -0.25) is 4.79 Å². The fourth-order valence-electron chi connectivity index (χ4n) is 5.73. The van der Waals surface area contributed by atoms with Gasteiger partial charge in [0, 0.05) is 44.4 Å². The van der Waals surface area contributed by atoms with Crippen LogP contribution in [0.25, 0.3) is 0 Å². The zero-order valence-electron chi connectivity index (χ0n) is 18.2. The molecule has 1 saturated carbocycles. The number of methoxy groups -OCH3 is 1. The van der Waals surface area contributed by atoms with Crippen LogP contribution in [0, 0.1) is 11.3 Å². The Morgan fingerprint density at radius 3 is 2.60 bits per heavy atom. The highest BCUT2D eigenvalue weighted by Gasteiger charge is 2.48. The first-order chi connectivity index (χ1) is 14.6. The third-order valence-corrected chi connectivity index (χ3v) is 7.44. The van der Waals surface area contributed by atoms with Crippen LogP contribution in [-0.4, -0.2) is 55.0 Å². The maximum absolute atomic E-state index is 13.0. The van der Waals surface area contributed by atoms with Gasteiger partial charge in [0.05, 0.1) is 7.11 Å². The highest BCUT2D eigenvalue weighted by Crippen LogP contribution is 2.49. The Morgan fingerprint density at radius 2 is 1.87 bits per heavy atom. The monoisotopic (exact) mass is 413 g/mol. The molecule has 3 fully saturated rings. The molecule has 1 aromatic rings. The highest BCUT2D eigenvalue weighted by molar-refractivity contribution is 5.89. The van der Waals surface area contributed by atoms with Gasteiger partial charge in [0.15, 0.2) is 0 Å². The van der Waals surface area contributed by atoms with Crippen LogP contribution < -0.4 is 10.1 Å². The molecule has 4 rings (SSSR count). The maximum atomic E-state index is 13.0. The molecule has 3 aliphatic rings. The number of nitrogens with one attached hydrogen (secondary N) is 1. The largest absolute Gasteiger partial charge is 0.497 e. The van der Waals surface area contributed by atoms with Crippen molar-refractivity contribution >= 4 is 17.6 Å². The molecule has 3 amide bonds. The normalized spacial score (nSPS) is 23.0. The van der Waals surface area contributed by atoms with Crippen LogP contribution >= 0.6 is 0 Å². The molecule has 0 radical (unpaired) electrons. The Balaban J connectivity index is 1.40. The van der Waals surface area contributed by atoms with Crippen molar-refractivity contribution in [3.63, 3.8) is 0 Å². The smallest absolute Gasteiger partial charge is 0.321 e. The Kier molecular flexibility index (Phi) is 6.49. The highest BCUT2D eigenvalue weighted by atomic mass is 16.5. The number of amides is 3. The third kappa shape index (κ3) is 4.57. The van der Waals surface area contributed by atoms with E-state index in [1.165, 1.54) is 32.1 Å². The van der Waals surface area contributed by atoms with Crippen LogP contribution in [0.5, 0.6) is 5.75 Å². The Bertz CT molecular complexity index is 754. The van der Waals surface area contributed by atoms with E-state index in [-0.39, 0.29) is 11.4 Å². The number of hydrogen-bond donors (Lipinski definition) is 1. The Hall–Kier alpha value is -2.24. The predicted molar refractivity (Wildman–Crippen MR) is 118 cm³/mol. The molecule has 2 aliphatic heterocycles. The van der Waals surface area contributed by atoms with Crippen LogP contribution in [0.2, 0.25) is 0 Å². The molecule has 1 aliphatic carbocycles. The van der Waals surface area contributed by atoms with Crippen LogP contribution in [0.4, 0.5) is 10.5 Å². The van der Waals surface area contributed by atoms with Gasteiger partial charge >= 0.3 is 6.03 Å². The summed E-state index contributed by atoms with van der Waals surface area (Å²) >= 11 is 0. The first-order valence-corrected chi connectivity index (χ1v) is 11.6. The minimum absolute atomic E-state index is 0.0402. The van der Waals surface area contributed by atoms with Crippen molar-refractivity contribution in [2.24, 2.45) is 11.3 Å². The summed E-state index contributed by atoms with van der Waals surface area (Å²) in [6, 6.07) is 7.45. The van der Waals surface area contributed by atoms with E-state index in [0.717, 1.165) is 56.9 Å². The zero-order valence-corrected chi connectivity index (χ0v) is 18.2. The fraction of sp³-hybridized carbons (Fsp3) is 0.667. The summed E-state index contributed by atoms with van der Waals surface area (Å²) < 4.78 is 5.26. The first kappa shape index (κ1) is 21.0. The maximum Gasteiger partial charge on any atom is 0.321 e. The number of nitrogens with zero attached hydrogens (tertiary/aromatic N) is 2. The minimum atomic E-state index is -0.0402. The number of urea groups is 1. The van der Waals surface area contributed by atoms with Crippen molar-refractivity contribution in [3.8, 4) is 5.75 Å². The van der Waals surface area contributed by atoms with E-state index in [2.05, 4.69) is 5.32 Å².